The molecule has 0 aliphatic heterocycles. The van der Waals surface area contributed by atoms with Crippen LogP contribution in [-0.2, 0) is 4.79 Å². The number of aliphatic carboxylic acids is 1. The van der Waals surface area contributed by atoms with Crippen LogP contribution < -0.4 is 0 Å². The third kappa shape index (κ3) is 37.3. The number of hydrogen-bond donors (Lipinski definition) is 1. The number of carboxylic acid groups (broad SMARTS) is 1. The van der Waals surface area contributed by atoms with Crippen molar-refractivity contribution < 1.29 is 9.90 Å². The van der Waals surface area contributed by atoms with E-state index in [9.17, 15) is 4.79 Å². The van der Waals surface area contributed by atoms with Crippen LogP contribution >= 0.6 is 129 Å². The summed E-state index contributed by atoms with van der Waals surface area (Å²) < 4.78 is 0. The fourth-order valence-corrected chi connectivity index (χ4v) is 14.1. The van der Waals surface area contributed by atoms with Gasteiger partial charge in [0.25, 0.3) is 0 Å². The van der Waals surface area contributed by atoms with E-state index in [-0.39, 0.29) is 5.75 Å². The molecule has 0 aromatic rings. The lowest BCUT2D eigenvalue weighted by Crippen LogP contribution is -2.00. The lowest BCUT2D eigenvalue weighted by atomic mass is 10.8. The van der Waals surface area contributed by atoms with Crippen LogP contribution in [0.3, 0.4) is 0 Å². The van der Waals surface area contributed by atoms with Crippen LogP contribution in [0.25, 0.3) is 0 Å². The zero-order valence-corrected chi connectivity index (χ0v) is 30.7. The minimum absolute atomic E-state index is 0.237. The number of carbonyl (C=O) groups is 1. The van der Waals surface area contributed by atoms with Crippen LogP contribution in [0.15, 0.2) is 0 Å². The first-order valence-electron chi connectivity index (χ1n) is 12.3. The minimum Gasteiger partial charge on any atom is -0.481 e. The molecule has 1 N–H and O–H groups in total. The van der Waals surface area contributed by atoms with Crippen molar-refractivity contribution in [3.8, 4) is 0 Å². The smallest absolute Gasteiger partial charge is 0.313 e. The Kier molecular flexibility index (Phi) is 39.7. The molecule has 0 spiro atoms. The van der Waals surface area contributed by atoms with E-state index in [1.165, 1.54) is 115 Å². The van der Waals surface area contributed by atoms with Crippen molar-refractivity contribution in [3.63, 3.8) is 0 Å². The van der Waals surface area contributed by atoms with Crippen molar-refractivity contribution in [2.45, 2.75) is 0 Å². The summed E-state index contributed by atoms with van der Waals surface area (Å²) >= 11 is 22.3. The molecule has 0 radical (unpaired) electrons. The van der Waals surface area contributed by atoms with Gasteiger partial charge in [0.1, 0.15) is 0 Å². The highest BCUT2D eigenvalue weighted by molar-refractivity contribution is 8.07. The zero-order chi connectivity index (χ0) is 26.2. The van der Waals surface area contributed by atoms with Crippen LogP contribution in [0.2, 0.25) is 0 Å². The summed E-state index contributed by atoms with van der Waals surface area (Å²) in [7, 11) is 0. The summed E-state index contributed by atoms with van der Waals surface area (Å²) in [4.78, 5) is 10.4. The molecule has 2 nitrogen and oxygen atoms in total. The molecule has 13 heteroatoms. The number of rotatable bonds is 32. The summed E-state index contributed by atoms with van der Waals surface area (Å²) in [5.41, 5.74) is 0. The lowest BCUT2D eigenvalue weighted by molar-refractivity contribution is -0.133. The fraction of sp³-hybridized carbons (Fsp3) is 0.957. The molecular formula is C23H46O2S11. The van der Waals surface area contributed by atoms with Gasteiger partial charge in [0.05, 0.1) is 5.75 Å². The van der Waals surface area contributed by atoms with Gasteiger partial charge in [0.2, 0.25) is 0 Å². The summed E-state index contributed by atoms with van der Waals surface area (Å²) in [6, 6.07) is 0. The monoisotopic (exact) mass is 706 g/mol. The topological polar surface area (TPSA) is 37.3 Å². The molecule has 0 aromatic carbocycles. The van der Waals surface area contributed by atoms with Crippen LogP contribution in [0.1, 0.15) is 0 Å². The molecular weight excluding hydrogens is 661 g/mol. The van der Waals surface area contributed by atoms with Gasteiger partial charge in [0, 0.05) is 115 Å². The molecule has 216 valence electrons. The number of hydrogen-bond acceptors (Lipinski definition) is 12. The van der Waals surface area contributed by atoms with E-state index in [2.05, 4.69) is 100 Å². The lowest BCUT2D eigenvalue weighted by Gasteiger charge is -2.05. The molecule has 0 aliphatic rings. The predicted octanol–water partition coefficient (Wildman–Crippen LogP) is 7.77. The molecule has 0 aromatic heterocycles. The maximum absolute atomic E-state index is 10.4. The Morgan fingerprint density at radius 1 is 0.389 bits per heavy atom. The van der Waals surface area contributed by atoms with Crippen LogP contribution in [-0.4, -0.2) is 138 Å². The summed E-state index contributed by atoms with van der Waals surface area (Å²) in [5.74, 6) is 24.8. The second-order valence-electron chi connectivity index (χ2n) is 6.95. The molecule has 0 saturated heterocycles. The summed E-state index contributed by atoms with van der Waals surface area (Å²) in [6.45, 7) is 0. The van der Waals surface area contributed by atoms with E-state index in [0.717, 1.165) is 11.5 Å². The third-order valence-electron chi connectivity index (χ3n) is 4.01. The maximum Gasteiger partial charge on any atom is 0.313 e. The minimum atomic E-state index is -0.705. The van der Waals surface area contributed by atoms with Crippen LogP contribution in [0.5, 0.6) is 0 Å². The van der Waals surface area contributed by atoms with Gasteiger partial charge in [-0.3, -0.25) is 4.79 Å². The first-order chi connectivity index (χ1) is 17.8. The molecule has 0 rings (SSSR count). The van der Waals surface area contributed by atoms with Crippen molar-refractivity contribution in [1.82, 2.24) is 0 Å². The molecule has 0 unspecified atom stereocenters. The molecule has 0 heterocycles. The van der Waals surface area contributed by atoms with E-state index in [1.54, 1.807) is 0 Å². The Labute approximate surface area is 269 Å². The average molecular weight is 707 g/mol. The highest BCUT2D eigenvalue weighted by Gasteiger charge is 1.98. The van der Waals surface area contributed by atoms with E-state index in [4.69, 9.17) is 5.11 Å². The summed E-state index contributed by atoms with van der Waals surface area (Å²) in [6.07, 6.45) is 2.19. The molecule has 0 atom stereocenters. The number of carboxylic acids is 1. The van der Waals surface area contributed by atoms with Gasteiger partial charge in [-0.25, -0.2) is 0 Å². The Morgan fingerprint density at radius 2 is 0.583 bits per heavy atom. The Balaban J connectivity index is 3.02. The van der Waals surface area contributed by atoms with Crippen molar-refractivity contribution in [3.05, 3.63) is 0 Å². The van der Waals surface area contributed by atoms with Crippen molar-refractivity contribution in [2.75, 3.05) is 127 Å². The third-order valence-corrected chi connectivity index (χ3v) is 17.0. The van der Waals surface area contributed by atoms with E-state index in [1.807, 2.05) is 23.5 Å². The molecule has 0 amide bonds. The van der Waals surface area contributed by atoms with Gasteiger partial charge in [0.15, 0.2) is 0 Å². The Hall–Kier alpha value is 3.32. The summed E-state index contributed by atoms with van der Waals surface area (Å²) in [5, 5.41) is 8.58. The SMILES string of the molecule is CSCCSCCSCCSCCSCCSCCSCCSCCSCCSCCSCC(=O)O. The standard InChI is InChI=1S/C23H46O2S11/c1-26-2-3-27-4-5-28-6-7-29-8-9-30-10-11-31-12-13-32-14-15-33-16-17-34-18-19-35-20-21-36-22-23(24)25/h2-22H2,1H3,(H,24,25). The molecule has 0 fully saturated rings. The second kappa shape index (κ2) is 36.3. The zero-order valence-electron chi connectivity index (χ0n) is 21.7. The predicted molar refractivity (Wildman–Crippen MR) is 199 cm³/mol. The Bertz CT molecular complexity index is 437. The number of thioether (sulfide) groups is 11. The van der Waals surface area contributed by atoms with Gasteiger partial charge in [-0.2, -0.15) is 118 Å². The molecule has 0 aliphatic carbocycles. The van der Waals surface area contributed by atoms with E-state index in [0.29, 0.717) is 0 Å². The molecule has 0 bridgehead atoms. The van der Waals surface area contributed by atoms with Gasteiger partial charge in [-0.15, -0.1) is 11.8 Å². The Morgan fingerprint density at radius 3 is 0.778 bits per heavy atom. The van der Waals surface area contributed by atoms with Gasteiger partial charge in [-0.05, 0) is 6.26 Å². The highest BCUT2D eigenvalue weighted by Crippen LogP contribution is 2.16. The normalized spacial score (nSPS) is 11.4. The van der Waals surface area contributed by atoms with Crippen LogP contribution in [0.4, 0.5) is 0 Å². The fourth-order valence-electron chi connectivity index (χ4n) is 2.28. The average Bonchev–Trinajstić information content (AvgIpc) is 2.87. The second-order valence-corrected chi connectivity index (χ2v) is 20.1. The van der Waals surface area contributed by atoms with Gasteiger partial charge in [-0.1, -0.05) is 0 Å². The van der Waals surface area contributed by atoms with Crippen molar-refractivity contribution in [1.29, 1.82) is 0 Å². The first-order valence-corrected chi connectivity index (χ1v) is 25.2. The highest BCUT2D eigenvalue weighted by atomic mass is 32.2. The van der Waals surface area contributed by atoms with Crippen LogP contribution in [0, 0.1) is 0 Å². The van der Waals surface area contributed by atoms with Gasteiger partial charge < -0.3 is 5.11 Å². The quantitative estimate of drug-likeness (QED) is 0.0694. The van der Waals surface area contributed by atoms with Crippen molar-refractivity contribution >= 4 is 135 Å². The largest absolute Gasteiger partial charge is 0.481 e. The first kappa shape index (κ1) is 39.3. The maximum atomic E-state index is 10.4. The molecule has 36 heavy (non-hydrogen) atoms. The van der Waals surface area contributed by atoms with E-state index >= 15 is 0 Å². The van der Waals surface area contributed by atoms with Crippen molar-refractivity contribution in [2.24, 2.45) is 0 Å². The van der Waals surface area contributed by atoms with Gasteiger partial charge >= 0.3 is 5.97 Å². The van der Waals surface area contributed by atoms with E-state index < -0.39 is 5.97 Å². The molecule has 0 saturated carbocycles.